The molecule has 268 valence electrons. The van der Waals surface area contributed by atoms with Crippen LogP contribution in [0.2, 0.25) is 0 Å². The molecular formula is C36H49N9O3S2. The first-order valence-corrected chi connectivity index (χ1v) is 19.1. The number of piperazine rings is 1. The van der Waals surface area contributed by atoms with Gasteiger partial charge in [-0.15, -0.1) is 11.3 Å². The Morgan fingerprint density at radius 1 is 1.16 bits per heavy atom. The lowest BCUT2D eigenvalue weighted by Crippen LogP contribution is -2.50. The highest BCUT2D eigenvalue weighted by Crippen LogP contribution is 2.51. The lowest BCUT2D eigenvalue weighted by Gasteiger charge is -2.36. The van der Waals surface area contributed by atoms with Crippen molar-refractivity contribution in [3.63, 3.8) is 0 Å². The van der Waals surface area contributed by atoms with Gasteiger partial charge >= 0.3 is 12.1 Å². The van der Waals surface area contributed by atoms with E-state index in [4.69, 9.17) is 23.8 Å². The van der Waals surface area contributed by atoms with Crippen LogP contribution >= 0.6 is 22.9 Å². The molecule has 0 aromatic carbocycles. The van der Waals surface area contributed by atoms with Gasteiger partial charge in [0.15, 0.2) is 0 Å². The van der Waals surface area contributed by atoms with Gasteiger partial charge in [-0.25, -0.2) is 9.79 Å². The van der Waals surface area contributed by atoms with Crippen molar-refractivity contribution < 1.29 is 14.3 Å². The molecule has 0 spiro atoms. The smallest absolute Gasteiger partial charge is 0.410 e. The number of nitrogens with zero attached hydrogens (tertiary/aromatic N) is 9. The number of aromatic nitrogens is 3. The number of hydrogen-bond donors (Lipinski definition) is 0. The molecule has 2 saturated heterocycles. The highest BCUT2D eigenvalue weighted by molar-refractivity contribution is 7.16. The van der Waals surface area contributed by atoms with Crippen LogP contribution in [0.5, 0.6) is 6.01 Å². The molecule has 2 aliphatic heterocycles. The number of thiophene rings is 1. The molecule has 3 aromatic rings. The van der Waals surface area contributed by atoms with E-state index in [9.17, 15) is 10.1 Å². The Kier molecular flexibility index (Phi) is 10.4. The van der Waals surface area contributed by atoms with E-state index in [0.717, 1.165) is 65.6 Å². The van der Waals surface area contributed by atoms with Crippen LogP contribution in [0.1, 0.15) is 81.2 Å². The second-order valence-electron chi connectivity index (χ2n) is 15.0. The van der Waals surface area contributed by atoms with Crippen LogP contribution in [0, 0.1) is 11.3 Å². The monoisotopic (exact) mass is 719 g/mol. The summed E-state index contributed by atoms with van der Waals surface area (Å²) in [6, 6.07) is 7.22. The summed E-state index contributed by atoms with van der Waals surface area (Å²) in [4.78, 5) is 37.7. The lowest BCUT2D eigenvalue weighted by atomic mass is 9.71. The van der Waals surface area contributed by atoms with Crippen molar-refractivity contribution in [2.45, 2.75) is 89.9 Å². The Balaban J connectivity index is 1.31. The summed E-state index contributed by atoms with van der Waals surface area (Å²) in [7, 11) is 6.00. The molecule has 1 aliphatic carbocycles. The quantitative estimate of drug-likeness (QED) is 0.193. The highest BCUT2D eigenvalue weighted by Gasteiger charge is 2.41. The van der Waals surface area contributed by atoms with Gasteiger partial charge in [-0.2, -0.15) is 19.6 Å². The number of ether oxygens (including phenoxy) is 2. The summed E-state index contributed by atoms with van der Waals surface area (Å²) in [6.45, 7) is 13.3. The van der Waals surface area contributed by atoms with Gasteiger partial charge in [0.25, 0.3) is 0 Å². The van der Waals surface area contributed by atoms with Gasteiger partial charge in [0.05, 0.1) is 17.6 Å². The van der Waals surface area contributed by atoms with Crippen molar-refractivity contribution >= 4 is 46.1 Å². The van der Waals surface area contributed by atoms with Crippen LogP contribution in [0.25, 0.3) is 11.4 Å². The molecule has 0 radical (unpaired) electrons. The Morgan fingerprint density at radius 2 is 1.92 bits per heavy atom. The molecule has 0 saturated carbocycles. The predicted molar refractivity (Wildman–Crippen MR) is 199 cm³/mol. The average Bonchev–Trinajstić information content (AvgIpc) is 3.82. The van der Waals surface area contributed by atoms with Crippen molar-refractivity contribution in [2.75, 3.05) is 58.8 Å². The van der Waals surface area contributed by atoms with E-state index in [1.807, 2.05) is 45.8 Å². The average molecular weight is 720 g/mol. The van der Waals surface area contributed by atoms with E-state index in [2.05, 4.69) is 47.8 Å². The largest absolute Gasteiger partial charge is 0.459 e. The number of rotatable bonds is 8. The molecule has 2 fully saturated rings. The maximum atomic E-state index is 12.8. The molecule has 1 amide bonds. The molecule has 14 heteroatoms. The van der Waals surface area contributed by atoms with E-state index in [-0.39, 0.29) is 17.6 Å². The van der Waals surface area contributed by atoms with E-state index in [1.54, 1.807) is 22.6 Å². The van der Waals surface area contributed by atoms with E-state index < -0.39 is 5.60 Å². The fourth-order valence-corrected chi connectivity index (χ4v) is 9.37. The van der Waals surface area contributed by atoms with Crippen LogP contribution in [-0.2, 0) is 16.6 Å². The Labute approximate surface area is 303 Å². The van der Waals surface area contributed by atoms with Crippen molar-refractivity contribution in [1.29, 1.82) is 5.26 Å². The summed E-state index contributed by atoms with van der Waals surface area (Å²) in [5.41, 5.74) is 2.28. The second kappa shape index (κ2) is 14.4. The van der Waals surface area contributed by atoms with E-state index in [0.29, 0.717) is 49.5 Å². The van der Waals surface area contributed by atoms with E-state index >= 15 is 0 Å². The Bertz CT molecular complexity index is 1770. The van der Waals surface area contributed by atoms with Gasteiger partial charge in [0, 0.05) is 67.6 Å². The van der Waals surface area contributed by atoms with Crippen LogP contribution in [0.3, 0.4) is 0 Å². The van der Waals surface area contributed by atoms with Gasteiger partial charge in [0.2, 0.25) is 0 Å². The number of fused-ring (bicyclic) bond motifs is 1. The third-order valence-electron chi connectivity index (χ3n) is 9.79. The summed E-state index contributed by atoms with van der Waals surface area (Å²) >= 11 is 3.10. The summed E-state index contributed by atoms with van der Waals surface area (Å²) in [6.07, 6.45) is 6.48. The van der Waals surface area contributed by atoms with Gasteiger partial charge in [0.1, 0.15) is 34.3 Å². The lowest BCUT2D eigenvalue weighted by molar-refractivity contribution is 0.0240. The second-order valence-corrected chi connectivity index (χ2v) is 16.9. The molecule has 6 rings (SSSR count). The fourth-order valence-electron chi connectivity index (χ4n) is 7.19. The summed E-state index contributed by atoms with van der Waals surface area (Å²) in [5.74, 6) is 0.745. The number of anilines is 1. The molecular weight excluding hydrogens is 671 g/mol. The van der Waals surface area contributed by atoms with Gasteiger partial charge in [-0.1, -0.05) is 6.92 Å². The van der Waals surface area contributed by atoms with Gasteiger partial charge in [-0.05, 0) is 96.6 Å². The number of aryl methyl sites for hydroxylation is 1. The molecule has 0 unspecified atom stereocenters. The maximum absolute atomic E-state index is 12.8. The Hall–Kier alpha value is -3.80. The van der Waals surface area contributed by atoms with Crippen molar-refractivity contribution in [2.24, 2.45) is 4.99 Å². The van der Waals surface area contributed by atoms with Crippen LogP contribution in [-0.4, -0.2) is 113 Å². The summed E-state index contributed by atoms with van der Waals surface area (Å²) in [5, 5.41) is 11.1. The highest BCUT2D eigenvalue weighted by atomic mass is 32.1. The third-order valence-corrected chi connectivity index (χ3v) is 12.0. The first kappa shape index (κ1) is 36.0. The molecule has 3 aliphatic rings. The number of amides is 1. The maximum Gasteiger partial charge on any atom is 0.410 e. The van der Waals surface area contributed by atoms with Crippen LogP contribution in [0.15, 0.2) is 17.1 Å². The minimum atomic E-state index is -0.545. The van der Waals surface area contributed by atoms with Crippen molar-refractivity contribution in [3.05, 3.63) is 33.0 Å². The first-order valence-electron chi connectivity index (χ1n) is 17.5. The number of hydrogen-bond acceptors (Lipinski definition) is 12. The standard InChI is InChI=1S/C36H49N9O3S2/c1-23(27-11-10-14-43(27)8)47-33-39-25(20-30(40-33)44-15-17-45(18-16-44)34(46)48-35(2,3)4)26-19-29(50-41-26)36(5)13-9-12-28-31(36)24(21-37)32(49-28)38-22-42(6)7/h19-20,22-23,27H,9-18H2,1-8H3/b38-22+/t23-,27-,36+/m0/s1. The fraction of sp³-hybridized carbons (Fsp3) is 0.611. The molecule has 12 nitrogen and oxygen atoms in total. The number of likely N-dealkylation sites (N-methyl/N-ethyl adjacent to an activating group) is 1. The zero-order valence-corrected chi connectivity index (χ0v) is 32.2. The van der Waals surface area contributed by atoms with Crippen LogP contribution < -0.4 is 9.64 Å². The molecule has 50 heavy (non-hydrogen) atoms. The normalized spacial score (nSPS) is 22.0. The third kappa shape index (κ3) is 7.60. The molecule has 5 heterocycles. The van der Waals surface area contributed by atoms with Gasteiger partial charge < -0.3 is 24.2 Å². The summed E-state index contributed by atoms with van der Waals surface area (Å²) < 4.78 is 17.1. The number of carbonyl (C=O) groups excluding carboxylic acids is 1. The number of carbonyl (C=O) groups is 1. The van der Waals surface area contributed by atoms with Crippen LogP contribution in [0.4, 0.5) is 15.6 Å². The number of likely N-dealkylation sites (tertiary alicyclic amines) is 1. The van der Waals surface area contributed by atoms with Crippen molar-refractivity contribution in [3.8, 4) is 23.5 Å². The zero-order chi connectivity index (χ0) is 35.8. The minimum absolute atomic E-state index is 0.0903. The van der Waals surface area contributed by atoms with E-state index in [1.165, 1.54) is 16.4 Å². The predicted octanol–water partition coefficient (Wildman–Crippen LogP) is 6.32. The number of nitriles is 1. The van der Waals surface area contributed by atoms with Crippen molar-refractivity contribution in [1.82, 2.24) is 29.0 Å². The molecule has 3 aromatic heterocycles. The molecule has 0 bridgehead atoms. The minimum Gasteiger partial charge on any atom is -0.459 e. The molecule has 0 N–H and O–H groups in total. The first-order chi connectivity index (χ1) is 23.8. The topological polar surface area (TPSA) is 123 Å². The molecule has 3 atom stereocenters. The van der Waals surface area contributed by atoms with Gasteiger partial charge in [-0.3, -0.25) is 4.90 Å². The SMILES string of the molecule is C[C@H](Oc1nc(-c2cc([C@@]3(C)CCCc4sc(/N=C/N(C)C)c(C#N)c43)sn2)cc(N2CCN(C(=O)OC(C)(C)C)CC2)n1)[C@@H]1CCCN1C. The Morgan fingerprint density at radius 3 is 2.58 bits per heavy atom. The number of aliphatic imine (C=N–C) groups is 1. The zero-order valence-electron chi connectivity index (χ0n) is 30.5.